The van der Waals surface area contributed by atoms with E-state index in [0.29, 0.717) is 13.0 Å². The predicted molar refractivity (Wildman–Crippen MR) is 126 cm³/mol. The Kier molecular flexibility index (Phi) is 8.41. The van der Waals surface area contributed by atoms with E-state index >= 15 is 0 Å². The number of ether oxygens (including phenoxy) is 1. The Balaban J connectivity index is 1.60. The molecular formula is C26H28N2O5. The van der Waals surface area contributed by atoms with Crippen LogP contribution in [0.1, 0.15) is 36.3 Å². The number of hydrogen-bond acceptors (Lipinski definition) is 4. The highest BCUT2D eigenvalue weighted by Crippen LogP contribution is 2.44. The largest absolute Gasteiger partial charge is 0.481 e. The number of fused-ring (bicyclic) bond motifs is 3. The third kappa shape index (κ3) is 6.32. The Labute approximate surface area is 193 Å². The number of carboxylic acid groups (broad SMARTS) is 1. The third-order valence-corrected chi connectivity index (χ3v) is 5.48. The fourth-order valence-electron chi connectivity index (χ4n) is 3.91. The summed E-state index contributed by atoms with van der Waals surface area (Å²) in [5.41, 5.74) is 4.40. The molecule has 2 amide bonds. The Bertz CT molecular complexity index is 1000. The van der Waals surface area contributed by atoms with E-state index in [1.807, 2.05) is 54.6 Å². The summed E-state index contributed by atoms with van der Waals surface area (Å²) in [6.07, 6.45) is 4.80. The smallest absolute Gasteiger partial charge is 0.407 e. The molecule has 0 aromatic heterocycles. The van der Waals surface area contributed by atoms with Crippen molar-refractivity contribution in [3.05, 3.63) is 84.5 Å². The molecule has 3 N–H and O–H groups in total. The normalized spacial score (nSPS) is 13.1. The first-order valence-corrected chi connectivity index (χ1v) is 10.9. The van der Waals surface area contributed by atoms with E-state index in [-0.39, 0.29) is 25.4 Å². The van der Waals surface area contributed by atoms with Crippen molar-refractivity contribution in [3.63, 3.8) is 0 Å². The van der Waals surface area contributed by atoms with Gasteiger partial charge in [-0.05, 0) is 35.1 Å². The van der Waals surface area contributed by atoms with E-state index in [0.717, 1.165) is 22.3 Å². The van der Waals surface area contributed by atoms with Gasteiger partial charge in [0.1, 0.15) is 12.6 Å². The zero-order valence-electron chi connectivity index (χ0n) is 18.3. The Hall–Kier alpha value is -3.87. The van der Waals surface area contributed by atoms with Gasteiger partial charge in [0.2, 0.25) is 5.91 Å². The first kappa shape index (κ1) is 23.8. The van der Waals surface area contributed by atoms with E-state index in [2.05, 4.69) is 17.2 Å². The van der Waals surface area contributed by atoms with Crippen molar-refractivity contribution in [2.24, 2.45) is 0 Å². The summed E-state index contributed by atoms with van der Waals surface area (Å²) in [7, 11) is 0. The van der Waals surface area contributed by atoms with Gasteiger partial charge >= 0.3 is 12.1 Å². The van der Waals surface area contributed by atoms with Gasteiger partial charge in [0.15, 0.2) is 0 Å². The van der Waals surface area contributed by atoms with Crippen LogP contribution in [0.2, 0.25) is 0 Å². The lowest BCUT2D eigenvalue weighted by atomic mass is 9.98. The second kappa shape index (κ2) is 11.7. The predicted octanol–water partition coefficient (Wildman–Crippen LogP) is 4.01. The van der Waals surface area contributed by atoms with Crippen LogP contribution in [0.3, 0.4) is 0 Å². The highest BCUT2D eigenvalue weighted by molar-refractivity contribution is 5.86. The van der Waals surface area contributed by atoms with Gasteiger partial charge in [-0.1, -0.05) is 73.3 Å². The molecule has 33 heavy (non-hydrogen) atoms. The van der Waals surface area contributed by atoms with Crippen molar-refractivity contribution >= 4 is 18.0 Å². The molecule has 7 nitrogen and oxygen atoms in total. The molecule has 1 unspecified atom stereocenters. The van der Waals surface area contributed by atoms with Crippen LogP contribution in [0.5, 0.6) is 0 Å². The maximum absolute atomic E-state index is 12.5. The lowest BCUT2D eigenvalue weighted by Crippen LogP contribution is -2.47. The van der Waals surface area contributed by atoms with Gasteiger partial charge in [-0.2, -0.15) is 0 Å². The van der Waals surface area contributed by atoms with Gasteiger partial charge in [-0.3, -0.25) is 9.59 Å². The van der Waals surface area contributed by atoms with Gasteiger partial charge in [0.05, 0.1) is 0 Å². The molecule has 1 aliphatic carbocycles. The van der Waals surface area contributed by atoms with Crippen molar-refractivity contribution in [3.8, 4) is 11.1 Å². The van der Waals surface area contributed by atoms with Crippen molar-refractivity contribution in [2.75, 3.05) is 13.2 Å². The van der Waals surface area contributed by atoms with Crippen molar-refractivity contribution in [1.29, 1.82) is 0 Å². The number of alkyl carbamates (subject to hydrolysis) is 1. The molecule has 1 aliphatic rings. The molecule has 0 fully saturated rings. The highest BCUT2D eigenvalue weighted by Gasteiger charge is 2.29. The zero-order chi connectivity index (χ0) is 23.6. The van der Waals surface area contributed by atoms with Crippen LogP contribution in [0, 0.1) is 0 Å². The number of hydrogen-bond donors (Lipinski definition) is 3. The van der Waals surface area contributed by atoms with Gasteiger partial charge in [-0.25, -0.2) is 4.79 Å². The number of carbonyl (C=O) groups is 3. The maximum atomic E-state index is 12.5. The van der Waals surface area contributed by atoms with Crippen LogP contribution >= 0.6 is 0 Å². The highest BCUT2D eigenvalue weighted by atomic mass is 16.5. The molecule has 0 spiro atoms. The number of amides is 2. The average molecular weight is 449 g/mol. The van der Waals surface area contributed by atoms with E-state index in [9.17, 15) is 14.4 Å². The lowest BCUT2D eigenvalue weighted by molar-refractivity contribution is -0.137. The molecule has 1 atom stereocenters. The molecule has 0 aliphatic heterocycles. The van der Waals surface area contributed by atoms with E-state index < -0.39 is 24.0 Å². The van der Waals surface area contributed by atoms with Crippen LogP contribution in [0.25, 0.3) is 11.1 Å². The third-order valence-electron chi connectivity index (χ3n) is 5.48. The maximum Gasteiger partial charge on any atom is 0.407 e. The van der Waals surface area contributed by atoms with Crippen molar-refractivity contribution in [1.82, 2.24) is 10.6 Å². The summed E-state index contributed by atoms with van der Waals surface area (Å²) >= 11 is 0. The van der Waals surface area contributed by atoms with Gasteiger partial charge in [0, 0.05) is 18.9 Å². The van der Waals surface area contributed by atoms with Crippen LogP contribution in [0.15, 0.2) is 73.3 Å². The van der Waals surface area contributed by atoms with E-state index in [1.54, 1.807) is 12.2 Å². The van der Waals surface area contributed by atoms with Crippen molar-refractivity contribution < 1.29 is 24.2 Å². The number of rotatable bonds is 11. The topological polar surface area (TPSA) is 105 Å². The molecule has 172 valence electrons. The minimum atomic E-state index is -1.05. The van der Waals surface area contributed by atoms with Gasteiger partial charge in [0.25, 0.3) is 0 Å². The number of allylic oxidation sites excluding steroid dienone is 2. The quantitative estimate of drug-likeness (QED) is 0.356. The Morgan fingerprint density at radius 2 is 1.70 bits per heavy atom. The number of nitrogens with one attached hydrogen (secondary N) is 2. The summed E-state index contributed by atoms with van der Waals surface area (Å²) in [4.78, 5) is 36.0. The summed E-state index contributed by atoms with van der Waals surface area (Å²) < 4.78 is 5.49. The average Bonchev–Trinajstić information content (AvgIpc) is 3.13. The number of carboxylic acids is 1. The molecule has 0 bridgehead atoms. The minimum absolute atomic E-state index is 0.0339. The lowest BCUT2D eigenvalue weighted by Gasteiger charge is -2.19. The monoisotopic (exact) mass is 448 g/mol. The Morgan fingerprint density at radius 1 is 1.06 bits per heavy atom. The second-order valence-electron chi connectivity index (χ2n) is 7.70. The minimum Gasteiger partial charge on any atom is -0.481 e. The van der Waals surface area contributed by atoms with Crippen LogP contribution < -0.4 is 10.6 Å². The summed E-state index contributed by atoms with van der Waals surface area (Å²) in [5, 5.41) is 14.2. The molecule has 2 aromatic carbocycles. The summed E-state index contributed by atoms with van der Waals surface area (Å²) in [6, 6.07) is 15.0. The number of benzene rings is 2. The first-order valence-electron chi connectivity index (χ1n) is 10.9. The van der Waals surface area contributed by atoms with E-state index in [4.69, 9.17) is 9.84 Å². The standard InChI is InChI=1S/C26H28N2O5/c1-2-3-4-9-16-27-25(31)23(14-15-24(29)30)28-26(32)33-17-22-20-12-7-5-10-18(20)19-11-6-8-13-21(19)22/h2-8,10-13,22-23H,1,9,14-17H2,(H,27,31)(H,28,32)(H,29,30)/b4-3+. The molecule has 0 saturated heterocycles. The molecule has 3 rings (SSSR count). The van der Waals surface area contributed by atoms with Gasteiger partial charge < -0.3 is 20.5 Å². The summed E-state index contributed by atoms with van der Waals surface area (Å²) in [6.45, 7) is 4.05. The van der Waals surface area contributed by atoms with Crippen LogP contribution in [0.4, 0.5) is 4.79 Å². The zero-order valence-corrected chi connectivity index (χ0v) is 18.3. The van der Waals surface area contributed by atoms with Gasteiger partial charge in [-0.15, -0.1) is 0 Å². The fraction of sp³-hybridized carbons (Fsp3) is 0.269. The molecule has 0 radical (unpaired) electrons. The molecular weight excluding hydrogens is 420 g/mol. The molecule has 0 heterocycles. The fourth-order valence-corrected chi connectivity index (χ4v) is 3.91. The van der Waals surface area contributed by atoms with Crippen molar-refractivity contribution in [2.45, 2.75) is 31.2 Å². The number of aliphatic carboxylic acids is 1. The first-order chi connectivity index (χ1) is 16.0. The van der Waals surface area contributed by atoms with E-state index in [1.165, 1.54) is 0 Å². The number of carbonyl (C=O) groups excluding carboxylic acids is 2. The molecule has 0 saturated carbocycles. The van der Waals surface area contributed by atoms with Crippen LogP contribution in [-0.4, -0.2) is 42.3 Å². The van der Waals surface area contributed by atoms with Crippen LogP contribution in [-0.2, 0) is 14.3 Å². The second-order valence-corrected chi connectivity index (χ2v) is 7.70. The summed E-state index contributed by atoms with van der Waals surface area (Å²) in [5.74, 6) is -1.60. The molecule has 7 heteroatoms. The SMILES string of the molecule is C=C/C=C/CCNC(=O)C(CCC(=O)O)NC(=O)OCC1c2ccccc2-c2ccccc21. The molecule has 2 aromatic rings. The Morgan fingerprint density at radius 3 is 2.30 bits per heavy atom.